The third kappa shape index (κ3) is 3.46. The summed E-state index contributed by atoms with van der Waals surface area (Å²) in [5.74, 6) is -0.752. The van der Waals surface area contributed by atoms with Crippen molar-refractivity contribution >= 4 is 12.0 Å². The van der Waals surface area contributed by atoms with Gasteiger partial charge < -0.3 is 5.73 Å². The van der Waals surface area contributed by atoms with E-state index in [1.165, 1.54) is 24.3 Å². The fourth-order valence-electron chi connectivity index (χ4n) is 1.05. The molecule has 1 aromatic rings. The Kier molecular flexibility index (Phi) is 3.14. The van der Waals surface area contributed by atoms with E-state index in [4.69, 9.17) is 5.73 Å². The molecule has 0 unspecified atom stereocenters. The van der Waals surface area contributed by atoms with E-state index in [0.717, 1.165) is 6.08 Å². The molecule has 2 N–H and O–H groups in total. The molecule has 2 nitrogen and oxygen atoms in total. The van der Waals surface area contributed by atoms with Crippen LogP contribution in [0.2, 0.25) is 0 Å². The molecule has 0 spiro atoms. The fraction of sp³-hybridized carbons (Fsp3) is 0.100. The number of rotatable bonds is 2. The van der Waals surface area contributed by atoms with Gasteiger partial charge in [-0.3, -0.25) is 4.79 Å². The molecule has 0 saturated heterocycles. The van der Waals surface area contributed by atoms with Crippen LogP contribution in [-0.2, 0) is 0 Å². The standard InChI is InChI=1S/C10H8F3NO/c11-10(12,13)6-5-7-3-1-2-4-8(7)9(14)15/h1-6H,(H2,14,15). The Bertz CT molecular complexity index is 396. The van der Waals surface area contributed by atoms with Crippen molar-refractivity contribution in [2.75, 3.05) is 0 Å². The molecular formula is C10H8F3NO. The number of carbonyl (C=O) groups is 1. The Morgan fingerprint density at radius 3 is 2.40 bits per heavy atom. The van der Waals surface area contributed by atoms with Crippen molar-refractivity contribution in [3.8, 4) is 0 Å². The third-order valence-corrected chi connectivity index (χ3v) is 1.68. The van der Waals surface area contributed by atoms with E-state index >= 15 is 0 Å². The Morgan fingerprint density at radius 2 is 1.87 bits per heavy atom. The maximum absolute atomic E-state index is 11.9. The van der Waals surface area contributed by atoms with Crippen LogP contribution in [0.3, 0.4) is 0 Å². The van der Waals surface area contributed by atoms with Crippen LogP contribution in [0.5, 0.6) is 0 Å². The predicted molar refractivity (Wildman–Crippen MR) is 50.0 cm³/mol. The highest BCUT2D eigenvalue weighted by molar-refractivity contribution is 5.96. The smallest absolute Gasteiger partial charge is 0.366 e. The topological polar surface area (TPSA) is 43.1 Å². The van der Waals surface area contributed by atoms with Crippen LogP contribution in [0.15, 0.2) is 30.3 Å². The number of amides is 1. The van der Waals surface area contributed by atoms with Gasteiger partial charge in [0.05, 0.1) is 0 Å². The van der Waals surface area contributed by atoms with Gasteiger partial charge in [-0.05, 0) is 17.7 Å². The molecule has 0 aliphatic heterocycles. The SMILES string of the molecule is NC(=O)c1ccccc1C=CC(F)(F)F. The highest BCUT2D eigenvalue weighted by atomic mass is 19.4. The molecule has 0 radical (unpaired) electrons. The average Bonchev–Trinajstić information content (AvgIpc) is 2.14. The van der Waals surface area contributed by atoms with E-state index in [2.05, 4.69) is 0 Å². The highest BCUT2D eigenvalue weighted by Crippen LogP contribution is 2.19. The fourth-order valence-corrected chi connectivity index (χ4v) is 1.05. The summed E-state index contributed by atoms with van der Waals surface area (Å²) >= 11 is 0. The number of hydrogen-bond donors (Lipinski definition) is 1. The van der Waals surface area contributed by atoms with Crippen molar-refractivity contribution in [2.24, 2.45) is 5.73 Å². The summed E-state index contributed by atoms with van der Waals surface area (Å²) < 4.78 is 35.6. The molecule has 1 amide bonds. The van der Waals surface area contributed by atoms with Crippen LogP contribution < -0.4 is 5.73 Å². The molecule has 1 rings (SSSR count). The lowest BCUT2D eigenvalue weighted by Gasteiger charge is -2.02. The van der Waals surface area contributed by atoms with Gasteiger partial charge in [0.2, 0.25) is 5.91 Å². The largest absolute Gasteiger partial charge is 0.409 e. The van der Waals surface area contributed by atoms with E-state index < -0.39 is 12.1 Å². The number of hydrogen-bond acceptors (Lipinski definition) is 1. The number of primary amides is 1. The minimum absolute atomic E-state index is 0.0643. The molecule has 0 aliphatic carbocycles. The van der Waals surface area contributed by atoms with Crippen molar-refractivity contribution < 1.29 is 18.0 Å². The first-order valence-corrected chi connectivity index (χ1v) is 4.05. The van der Waals surface area contributed by atoms with Gasteiger partial charge >= 0.3 is 6.18 Å². The first-order chi connectivity index (χ1) is 6.90. The molecule has 0 aromatic heterocycles. The number of benzene rings is 1. The van der Waals surface area contributed by atoms with E-state index in [-0.39, 0.29) is 17.2 Å². The maximum atomic E-state index is 11.9. The minimum Gasteiger partial charge on any atom is -0.366 e. The second kappa shape index (κ2) is 4.16. The first kappa shape index (κ1) is 11.3. The molecule has 0 bridgehead atoms. The lowest BCUT2D eigenvalue weighted by molar-refractivity contribution is -0.0790. The third-order valence-electron chi connectivity index (χ3n) is 1.68. The van der Waals surface area contributed by atoms with Crippen LogP contribution in [0.1, 0.15) is 15.9 Å². The van der Waals surface area contributed by atoms with Crippen molar-refractivity contribution in [1.82, 2.24) is 0 Å². The van der Waals surface area contributed by atoms with Crippen LogP contribution >= 0.6 is 0 Å². The lowest BCUT2D eigenvalue weighted by Crippen LogP contribution is -2.12. The molecule has 15 heavy (non-hydrogen) atoms. The molecule has 0 heterocycles. The molecule has 1 aromatic carbocycles. The normalized spacial score (nSPS) is 11.9. The summed E-state index contributed by atoms with van der Waals surface area (Å²) in [6.45, 7) is 0. The first-order valence-electron chi connectivity index (χ1n) is 4.05. The summed E-state index contributed by atoms with van der Waals surface area (Å²) in [4.78, 5) is 10.9. The number of halogens is 3. The van der Waals surface area contributed by atoms with Crippen molar-refractivity contribution in [3.63, 3.8) is 0 Å². The van der Waals surface area contributed by atoms with Gasteiger partial charge in [-0.25, -0.2) is 0 Å². The van der Waals surface area contributed by atoms with Gasteiger partial charge in [-0.15, -0.1) is 0 Å². The number of allylic oxidation sites excluding steroid dienone is 1. The summed E-state index contributed by atoms with van der Waals surface area (Å²) in [6, 6.07) is 5.83. The van der Waals surface area contributed by atoms with Crippen LogP contribution in [0, 0.1) is 0 Å². The summed E-state index contributed by atoms with van der Waals surface area (Å²) in [6.07, 6.45) is -3.51. The molecule has 0 aliphatic rings. The Balaban J connectivity index is 3.05. The molecule has 80 valence electrons. The Labute approximate surface area is 84.2 Å². The molecular weight excluding hydrogens is 207 g/mol. The molecule has 5 heteroatoms. The number of nitrogens with two attached hydrogens (primary N) is 1. The van der Waals surface area contributed by atoms with Crippen LogP contribution in [-0.4, -0.2) is 12.1 Å². The minimum atomic E-state index is -4.40. The second-order valence-corrected chi connectivity index (χ2v) is 2.83. The van der Waals surface area contributed by atoms with Gasteiger partial charge in [0, 0.05) is 11.6 Å². The van der Waals surface area contributed by atoms with E-state index in [9.17, 15) is 18.0 Å². The van der Waals surface area contributed by atoms with E-state index in [1.807, 2.05) is 0 Å². The van der Waals surface area contributed by atoms with E-state index in [0.29, 0.717) is 0 Å². The predicted octanol–water partition coefficient (Wildman–Crippen LogP) is 2.36. The van der Waals surface area contributed by atoms with Crippen molar-refractivity contribution in [1.29, 1.82) is 0 Å². The summed E-state index contributed by atoms with van der Waals surface area (Å²) in [7, 11) is 0. The van der Waals surface area contributed by atoms with Gasteiger partial charge in [0.25, 0.3) is 0 Å². The van der Waals surface area contributed by atoms with Gasteiger partial charge in [0.15, 0.2) is 0 Å². The zero-order valence-electron chi connectivity index (χ0n) is 7.58. The average molecular weight is 215 g/mol. The zero-order chi connectivity index (χ0) is 11.5. The Morgan fingerprint density at radius 1 is 1.27 bits per heavy atom. The monoisotopic (exact) mass is 215 g/mol. The Hall–Kier alpha value is -1.78. The van der Waals surface area contributed by atoms with E-state index in [1.54, 1.807) is 0 Å². The zero-order valence-corrected chi connectivity index (χ0v) is 7.58. The van der Waals surface area contributed by atoms with Gasteiger partial charge in [0.1, 0.15) is 0 Å². The molecule has 0 fully saturated rings. The molecule has 0 saturated carbocycles. The lowest BCUT2D eigenvalue weighted by atomic mass is 10.1. The van der Waals surface area contributed by atoms with Gasteiger partial charge in [-0.1, -0.05) is 18.2 Å². The maximum Gasteiger partial charge on any atom is 0.409 e. The van der Waals surface area contributed by atoms with Crippen molar-refractivity contribution in [3.05, 3.63) is 41.5 Å². The van der Waals surface area contributed by atoms with Gasteiger partial charge in [-0.2, -0.15) is 13.2 Å². The van der Waals surface area contributed by atoms with Crippen LogP contribution in [0.4, 0.5) is 13.2 Å². The van der Waals surface area contributed by atoms with Crippen molar-refractivity contribution in [2.45, 2.75) is 6.18 Å². The second-order valence-electron chi connectivity index (χ2n) is 2.83. The summed E-state index contributed by atoms with van der Waals surface area (Å²) in [5.41, 5.74) is 5.22. The quantitative estimate of drug-likeness (QED) is 0.808. The number of carbonyl (C=O) groups excluding carboxylic acids is 1. The number of alkyl halides is 3. The molecule has 0 atom stereocenters. The highest BCUT2D eigenvalue weighted by Gasteiger charge is 2.22. The summed E-state index contributed by atoms with van der Waals surface area (Å²) in [5, 5.41) is 0. The van der Waals surface area contributed by atoms with Crippen LogP contribution in [0.25, 0.3) is 6.08 Å².